The molecule has 4 heterocycles. The van der Waals surface area contributed by atoms with Crippen LogP contribution in [-0.2, 0) is 10.2 Å². The molecule has 0 spiro atoms. The van der Waals surface area contributed by atoms with Crippen LogP contribution in [0.1, 0.15) is 16.8 Å². The van der Waals surface area contributed by atoms with E-state index in [-0.39, 0.29) is 0 Å². The van der Waals surface area contributed by atoms with E-state index in [0.717, 1.165) is 49.7 Å². The first-order chi connectivity index (χ1) is 12.9. The second kappa shape index (κ2) is 7.72. The molecule has 0 aliphatic carbocycles. The number of aromatic nitrogens is 3. The summed E-state index contributed by atoms with van der Waals surface area (Å²) in [5.41, 5.74) is 2.82. The molecule has 26 heavy (non-hydrogen) atoms. The standard InChI is InChI=1S/C21H22N4O/c1-2-10-24-20(7-1)21(18-5-3-8-22-15-18,19-6-4-9-23-16-19)17-25-11-13-26-14-12-25/h1-10,15-16H,11-14,17H2. The molecular weight excluding hydrogens is 324 g/mol. The van der Waals surface area contributed by atoms with Crippen LogP contribution < -0.4 is 0 Å². The zero-order valence-electron chi connectivity index (χ0n) is 14.7. The van der Waals surface area contributed by atoms with Crippen LogP contribution >= 0.6 is 0 Å². The number of hydrogen-bond acceptors (Lipinski definition) is 5. The smallest absolute Gasteiger partial charge is 0.0780 e. The summed E-state index contributed by atoms with van der Waals surface area (Å²) in [5, 5.41) is 0. The summed E-state index contributed by atoms with van der Waals surface area (Å²) >= 11 is 0. The van der Waals surface area contributed by atoms with Gasteiger partial charge in [0.2, 0.25) is 0 Å². The lowest BCUT2D eigenvalue weighted by molar-refractivity contribution is 0.0321. The molecule has 0 atom stereocenters. The average molecular weight is 346 g/mol. The van der Waals surface area contributed by atoms with Crippen molar-refractivity contribution in [1.29, 1.82) is 0 Å². The molecule has 132 valence electrons. The van der Waals surface area contributed by atoms with E-state index in [2.05, 4.69) is 33.1 Å². The minimum Gasteiger partial charge on any atom is -0.379 e. The molecule has 5 nitrogen and oxygen atoms in total. The van der Waals surface area contributed by atoms with Gasteiger partial charge in [-0.25, -0.2) is 0 Å². The molecule has 5 heteroatoms. The Morgan fingerprint density at radius 2 is 1.54 bits per heavy atom. The number of pyridine rings is 3. The van der Waals surface area contributed by atoms with Crippen LogP contribution in [0, 0.1) is 0 Å². The molecule has 4 rings (SSSR count). The molecule has 3 aromatic rings. The molecule has 0 bridgehead atoms. The van der Waals surface area contributed by atoms with Crippen LogP contribution in [0.4, 0.5) is 0 Å². The molecule has 0 saturated carbocycles. The second-order valence-electron chi connectivity index (χ2n) is 6.49. The molecular formula is C21H22N4O. The lowest BCUT2D eigenvalue weighted by atomic mass is 9.72. The van der Waals surface area contributed by atoms with Gasteiger partial charge in [0.25, 0.3) is 0 Å². The highest BCUT2D eigenvalue weighted by molar-refractivity contribution is 5.47. The van der Waals surface area contributed by atoms with Gasteiger partial charge in [-0.3, -0.25) is 19.9 Å². The fourth-order valence-electron chi connectivity index (χ4n) is 3.67. The number of nitrogens with zero attached hydrogens (tertiary/aromatic N) is 4. The first-order valence-electron chi connectivity index (χ1n) is 8.92. The Morgan fingerprint density at radius 1 is 0.846 bits per heavy atom. The Bertz CT molecular complexity index is 709. The van der Waals surface area contributed by atoms with Crippen molar-refractivity contribution in [2.24, 2.45) is 0 Å². The van der Waals surface area contributed by atoms with Crippen molar-refractivity contribution in [1.82, 2.24) is 19.9 Å². The van der Waals surface area contributed by atoms with Gasteiger partial charge in [0.15, 0.2) is 0 Å². The summed E-state index contributed by atoms with van der Waals surface area (Å²) in [5.74, 6) is 0. The molecule has 0 unspecified atom stereocenters. The largest absolute Gasteiger partial charge is 0.379 e. The third kappa shape index (κ3) is 3.23. The molecule has 0 aromatic carbocycles. The van der Waals surface area contributed by atoms with Crippen LogP contribution in [-0.4, -0.2) is 52.7 Å². The Kier molecular flexibility index (Phi) is 5.00. The molecule has 1 saturated heterocycles. The molecule has 3 aromatic heterocycles. The lowest BCUT2D eigenvalue weighted by Gasteiger charge is -2.40. The quantitative estimate of drug-likeness (QED) is 0.711. The topological polar surface area (TPSA) is 51.1 Å². The van der Waals surface area contributed by atoms with Crippen molar-refractivity contribution < 1.29 is 4.74 Å². The summed E-state index contributed by atoms with van der Waals surface area (Å²) in [7, 11) is 0. The minimum absolute atomic E-state index is 0.429. The average Bonchev–Trinajstić information content (AvgIpc) is 2.75. The van der Waals surface area contributed by atoms with E-state index in [1.54, 1.807) is 0 Å². The molecule has 0 N–H and O–H groups in total. The molecule has 0 radical (unpaired) electrons. The monoisotopic (exact) mass is 346 g/mol. The first kappa shape index (κ1) is 16.8. The van der Waals surface area contributed by atoms with E-state index >= 15 is 0 Å². The van der Waals surface area contributed by atoms with Gasteiger partial charge < -0.3 is 4.74 Å². The molecule has 1 fully saturated rings. The summed E-state index contributed by atoms with van der Waals surface area (Å²) in [6, 6.07) is 14.3. The van der Waals surface area contributed by atoms with Gasteiger partial charge in [-0.1, -0.05) is 18.2 Å². The summed E-state index contributed by atoms with van der Waals surface area (Å²) < 4.78 is 5.55. The number of morpholine rings is 1. The Morgan fingerprint density at radius 3 is 2.08 bits per heavy atom. The maximum Gasteiger partial charge on any atom is 0.0780 e. The molecule has 1 aliphatic heterocycles. The van der Waals surface area contributed by atoms with Gasteiger partial charge in [-0.15, -0.1) is 0 Å². The third-order valence-electron chi connectivity index (χ3n) is 4.98. The summed E-state index contributed by atoms with van der Waals surface area (Å²) in [4.78, 5) is 16.0. The maximum atomic E-state index is 5.55. The van der Waals surface area contributed by atoms with E-state index in [1.807, 2.05) is 55.2 Å². The Labute approximate surface area is 153 Å². The molecule has 1 aliphatic rings. The van der Waals surface area contributed by atoms with Crippen LogP contribution in [0.5, 0.6) is 0 Å². The van der Waals surface area contributed by atoms with E-state index in [4.69, 9.17) is 9.72 Å². The fraction of sp³-hybridized carbons (Fsp3) is 0.286. The van der Waals surface area contributed by atoms with Crippen LogP contribution in [0.25, 0.3) is 0 Å². The van der Waals surface area contributed by atoms with Crippen molar-refractivity contribution >= 4 is 0 Å². The Hall–Kier alpha value is -2.63. The third-order valence-corrected chi connectivity index (χ3v) is 4.98. The van der Waals surface area contributed by atoms with Crippen LogP contribution in [0.15, 0.2) is 73.4 Å². The van der Waals surface area contributed by atoms with Gasteiger partial charge in [-0.2, -0.15) is 0 Å². The van der Waals surface area contributed by atoms with Crippen molar-refractivity contribution in [3.05, 3.63) is 90.3 Å². The van der Waals surface area contributed by atoms with Gasteiger partial charge >= 0.3 is 0 Å². The first-order valence-corrected chi connectivity index (χ1v) is 8.92. The Balaban J connectivity index is 1.90. The van der Waals surface area contributed by atoms with E-state index in [9.17, 15) is 0 Å². The van der Waals surface area contributed by atoms with E-state index in [1.165, 1.54) is 0 Å². The number of ether oxygens (including phenoxy) is 1. The van der Waals surface area contributed by atoms with Gasteiger partial charge in [0.05, 0.1) is 24.3 Å². The normalized spacial score (nSPS) is 15.7. The van der Waals surface area contributed by atoms with Gasteiger partial charge in [0, 0.05) is 50.6 Å². The fourth-order valence-corrected chi connectivity index (χ4v) is 3.67. The zero-order chi connectivity index (χ0) is 17.7. The predicted octanol–water partition coefficient (Wildman–Crippen LogP) is 2.54. The predicted molar refractivity (Wildman–Crippen MR) is 99.9 cm³/mol. The summed E-state index contributed by atoms with van der Waals surface area (Å²) in [6.07, 6.45) is 9.37. The van der Waals surface area contributed by atoms with Crippen LogP contribution in [0.2, 0.25) is 0 Å². The summed E-state index contributed by atoms with van der Waals surface area (Å²) in [6.45, 7) is 4.16. The highest BCUT2D eigenvalue weighted by atomic mass is 16.5. The van der Waals surface area contributed by atoms with Crippen molar-refractivity contribution in [2.45, 2.75) is 5.41 Å². The van der Waals surface area contributed by atoms with E-state index in [0.29, 0.717) is 0 Å². The van der Waals surface area contributed by atoms with Gasteiger partial charge in [-0.05, 0) is 35.4 Å². The molecule has 0 amide bonds. The number of rotatable bonds is 5. The van der Waals surface area contributed by atoms with E-state index < -0.39 is 5.41 Å². The van der Waals surface area contributed by atoms with Crippen molar-refractivity contribution in [3.8, 4) is 0 Å². The highest BCUT2D eigenvalue weighted by Crippen LogP contribution is 2.38. The maximum absolute atomic E-state index is 5.55. The zero-order valence-corrected chi connectivity index (χ0v) is 14.7. The highest BCUT2D eigenvalue weighted by Gasteiger charge is 2.40. The number of hydrogen-bond donors (Lipinski definition) is 0. The van der Waals surface area contributed by atoms with Crippen molar-refractivity contribution in [2.75, 3.05) is 32.8 Å². The van der Waals surface area contributed by atoms with Crippen molar-refractivity contribution in [3.63, 3.8) is 0 Å². The minimum atomic E-state index is -0.429. The van der Waals surface area contributed by atoms with Crippen LogP contribution in [0.3, 0.4) is 0 Å². The lowest BCUT2D eigenvalue weighted by Crippen LogP contribution is -2.47. The second-order valence-corrected chi connectivity index (χ2v) is 6.49. The SMILES string of the molecule is c1ccc(C(CN2CCOCC2)(c2cccnc2)c2cccnc2)nc1. The van der Waals surface area contributed by atoms with Gasteiger partial charge in [0.1, 0.15) is 0 Å².